The molecule has 0 radical (unpaired) electrons. The number of rotatable bonds is 5. The summed E-state index contributed by atoms with van der Waals surface area (Å²) in [7, 11) is -3.24. The van der Waals surface area contributed by atoms with Crippen LogP contribution in [0.2, 0.25) is 5.02 Å². The van der Waals surface area contributed by atoms with Crippen LogP contribution in [0.3, 0.4) is 0 Å². The van der Waals surface area contributed by atoms with Gasteiger partial charge >= 0.3 is 6.03 Å². The second kappa shape index (κ2) is 10.5. The zero-order valence-corrected chi connectivity index (χ0v) is 24.0. The highest BCUT2D eigenvalue weighted by Gasteiger charge is 2.73. The van der Waals surface area contributed by atoms with Crippen molar-refractivity contribution in [2.75, 3.05) is 24.6 Å². The number of carbonyl (C=O) groups excluding carboxylic acids is 1. The van der Waals surface area contributed by atoms with E-state index in [1.54, 1.807) is 48.5 Å². The van der Waals surface area contributed by atoms with E-state index >= 15 is 0 Å². The summed E-state index contributed by atoms with van der Waals surface area (Å²) in [6, 6.07) is 14.2. The van der Waals surface area contributed by atoms with Gasteiger partial charge in [-0.3, -0.25) is 0 Å². The molecular formula is C30H30ClFN2O7S. The van der Waals surface area contributed by atoms with Gasteiger partial charge in [-0.2, -0.15) is 0 Å². The third-order valence-corrected chi connectivity index (χ3v) is 10.6. The van der Waals surface area contributed by atoms with Crippen molar-refractivity contribution in [3.63, 3.8) is 0 Å². The molecule has 1 saturated heterocycles. The van der Waals surface area contributed by atoms with Gasteiger partial charge in [0.05, 0.1) is 30.8 Å². The second-order valence-corrected chi connectivity index (χ2v) is 13.8. The Hall–Kier alpha value is -3.22. The molecule has 0 spiro atoms. The van der Waals surface area contributed by atoms with Crippen molar-refractivity contribution in [3.05, 3.63) is 99.3 Å². The molecule has 0 unspecified atom stereocenters. The number of ether oxygens (including phenoxy) is 1. The first-order valence-electron chi connectivity index (χ1n) is 13.6. The lowest BCUT2D eigenvalue weighted by Crippen LogP contribution is -2.59. The lowest BCUT2D eigenvalue weighted by molar-refractivity contribution is -0.116. The van der Waals surface area contributed by atoms with Gasteiger partial charge in [-0.05, 0) is 59.0 Å². The number of nitrogens with zero attached hydrogens (tertiary/aromatic N) is 1. The summed E-state index contributed by atoms with van der Waals surface area (Å²) in [4.78, 5) is 14.9. The molecule has 0 bridgehead atoms. The van der Waals surface area contributed by atoms with E-state index < -0.39 is 51.5 Å². The molecule has 1 aliphatic carbocycles. The minimum atomic E-state index is -3.24. The summed E-state index contributed by atoms with van der Waals surface area (Å²) in [5.74, 6) is -1.31. The quantitative estimate of drug-likeness (QED) is 0.346. The van der Waals surface area contributed by atoms with Crippen molar-refractivity contribution in [1.82, 2.24) is 10.2 Å². The number of hydrogen-bond acceptors (Lipinski definition) is 7. The molecule has 2 heterocycles. The van der Waals surface area contributed by atoms with Crippen LogP contribution in [0.25, 0.3) is 0 Å². The highest BCUT2D eigenvalue weighted by atomic mass is 35.5. The SMILES string of the molecule is O=C(N[C@H]1C[C@@H](c2cccc(F)c2)[C@]2(c3ccc(Cl)cc3)Oc3cc(CO)cc(CO)c3[C@]12O)N1CCS(=O)(=O)CC1. The van der Waals surface area contributed by atoms with Crippen LogP contribution in [0.15, 0.2) is 60.7 Å². The first-order chi connectivity index (χ1) is 20.0. The second-order valence-electron chi connectivity index (χ2n) is 11.0. The Kier molecular flexibility index (Phi) is 7.22. The van der Waals surface area contributed by atoms with Crippen LogP contribution in [-0.2, 0) is 34.3 Å². The molecule has 2 fully saturated rings. The molecule has 1 saturated carbocycles. The van der Waals surface area contributed by atoms with Gasteiger partial charge in [0.1, 0.15) is 11.6 Å². The Morgan fingerprint density at radius 3 is 2.43 bits per heavy atom. The summed E-state index contributed by atoms with van der Waals surface area (Å²) >= 11 is 6.23. The normalized spacial score (nSPS) is 27.7. The Labute approximate surface area is 247 Å². The molecule has 12 heteroatoms. The van der Waals surface area contributed by atoms with Crippen molar-refractivity contribution in [2.24, 2.45) is 0 Å². The maximum absolute atomic E-state index is 14.6. The summed E-state index contributed by atoms with van der Waals surface area (Å²) < 4.78 is 45.3. The number of fused-ring (bicyclic) bond motifs is 3. The average Bonchev–Trinajstić information content (AvgIpc) is 3.37. The predicted molar refractivity (Wildman–Crippen MR) is 152 cm³/mol. The van der Waals surface area contributed by atoms with Crippen molar-refractivity contribution in [1.29, 1.82) is 0 Å². The molecular weight excluding hydrogens is 587 g/mol. The van der Waals surface area contributed by atoms with Crippen LogP contribution in [0.4, 0.5) is 9.18 Å². The van der Waals surface area contributed by atoms with Gasteiger partial charge in [-0.15, -0.1) is 0 Å². The number of nitrogens with one attached hydrogen (secondary N) is 1. The topological polar surface area (TPSA) is 136 Å². The number of halogens is 2. The Bertz CT molecular complexity index is 1640. The van der Waals surface area contributed by atoms with E-state index in [0.717, 1.165) is 0 Å². The van der Waals surface area contributed by atoms with Gasteiger partial charge in [0.2, 0.25) is 0 Å². The first-order valence-corrected chi connectivity index (χ1v) is 15.8. The van der Waals surface area contributed by atoms with Crippen LogP contribution in [0.1, 0.15) is 40.2 Å². The van der Waals surface area contributed by atoms with Gasteiger partial charge in [-0.1, -0.05) is 41.9 Å². The molecule has 4 N–H and O–H groups in total. The number of benzene rings is 3. The highest BCUT2D eigenvalue weighted by Crippen LogP contribution is 2.67. The molecule has 2 aliphatic heterocycles. The highest BCUT2D eigenvalue weighted by molar-refractivity contribution is 7.91. The minimum Gasteiger partial charge on any atom is -0.478 e. The minimum absolute atomic E-state index is 0.00377. The van der Waals surface area contributed by atoms with Gasteiger partial charge in [0.25, 0.3) is 0 Å². The molecule has 6 rings (SSSR count). The Morgan fingerprint density at radius 1 is 1.07 bits per heavy atom. The number of hydrogen-bond donors (Lipinski definition) is 4. The van der Waals surface area contributed by atoms with E-state index in [0.29, 0.717) is 27.3 Å². The number of urea groups is 1. The zero-order valence-electron chi connectivity index (χ0n) is 22.5. The maximum atomic E-state index is 14.6. The molecule has 3 aliphatic rings. The molecule has 9 nitrogen and oxygen atoms in total. The fourth-order valence-electron chi connectivity index (χ4n) is 6.84. The van der Waals surface area contributed by atoms with Crippen LogP contribution >= 0.6 is 11.6 Å². The van der Waals surface area contributed by atoms with Crippen molar-refractivity contribution < 1.29 is 37.7 Å². The fourth-order valence-corrected chi connectivity index (χ4v) is 8.16. The van der Waals surface area contributed by atoms with Crippen LogP contribution < -0.4 is 10.1 Å². The molecule has 3 aromatic rings. The average molecular weight is 617 g/mol. The van der Waals surface area contributed by atoms with Crippen molar-refractivity contribution >= 4 is 27.5 Å². The number of sulfone groups is 1. The molecule has 0 aromatic heterocycles. The number of amides is 2. The van der Waals surface area contributed by atoms with E-state index in [-0.39, 0.29) is 48.9 Å². The van der Waals surface area contributed by atoms with E-state index in [4.69, 9.17) is 16.3 Å². The molecule has 42 heavy (non-hydrogen) atoms. The van der Waals surface area contributed by atoms with Crippen molar-refractivity contribution in [3.8, 4) is 5.75 Å². The lowest BCUT2D eigenvalue weighted by atomic mass is 9.70. The summed E-state index contributed by atoms with van der Waals surface area (Å²) in [5, 5.41) is 36.8. The summed E-state index contributed by atoms with van der Waals surface area (Å²) in [5.41, 5.74) is -1.57. The largest absolute Gasteiger partial charge is 0.478 e. The van der Waals surface area contributed by atoms with Gasteiger partial charge < -0.3 is 30.3 Å². The predicted octanol–water partition coefficient (Wildman–Crippen LogP) is 2.94. The molecule has 3 aromatic carbocycles. The number of carbonyl (C=O) groups is 1. The summed E-state index contributed by atoms with van der Waals surface area (Å²) in [6.45, 7) is -0.831. The van der Waals surface area contributed by atoms with Gasteiger partial charge in [-0.25, -0.2) is 17.6 Å². The smallest absolute Gasteiger partial charge is 0.317 e. The van der Waals surface area contributed by atoms with Gasteiger partial charge in [0.15, 0.2) is 21.0 Å². The van der Waals surface area contributed by atoms with E-state index in [9.17, 15) is 32.9 Å². The Morgan fingerprint density at radius 2 is 1.79 bits per heavy atom. The maximum Gasteiger partial charge on any atom is 0.317 e. The van der Waals surface area contributed by atoms with Gasteiger partial charge in [0, 0.05) is 29.6 Å². The monoisotopic (exact) mass is 616 g/mol. The van der Waals surface area contributed by atoms with Crippen LogP contribution in [0.5, 0.6) is 5.75 Å². The molecule has 2 amide bonds. The molecule has 222 valence electrons. The third kappa shape index (κ3) is 4.46. The van der Waals surface area contributed by atoms with Crippen molar-refractivity contribution in [2.45, 2.75) is 42.8 Å². The number of aliphatic hydroxyl groups is 3. The first kappa shape index (κ1) is 28.9. The van der Waals surface area contributed by atoms with E-state index in [2.05, 4.69) is 5.32 Å². The Balaban J connectivity index is 1.55. The fraction of sp³-hybridized carbons (Fsp3) is 0.367. The number of aliphatic hydroxyl groups excluding tert-OH is 2. The molecule has 4 atom stereocenters. The standard InChI is InChI=1S/C30H30ClFN2O7S/c31-22-6-4-21(5-7-22)30-24(19-2-1-3-23(32)14-19)15-26(33-28(37)34-8-10-42(39,40)11-9-34)29(30,38)27-20(17-36)12-18(16-35)13-25(27)41-30/h1-7,12-14,24,26,35-36,38H,8-11,15-17H2,(H,33,37)/t24-,26-,29+,30-/m0/s1. The summed E-state index contributed by atoms with van der Waals surface area (Å²) in [6.07, 6.45) is 0.118. The van der Waals surface area contributed by atoms with E-state index in [1.807, 2.05) is 0 Å². The lowest BCUT2D eigenvalue weighted by Gasteiger charge is -2.42. The van der Waals surface area contributed by atoms with Crippen LogP contribution in [-0.4, -0.2) is 65.3 Å². The van der Waals surface area contributed by atoms with E-state index in [1.165, 1.54) is 17.0 Å². The zero-order chi connectivity index (χ0) is 29.9. The van der Waals surface area contributed by atoms with Crippen LogP contribution in [0, 0.1) is 5.82 Å². The third-order valence-electron chi connectivity index (χ3n) is 8.73.